The summed E-state index contributed by atoms with van der Waals surface area (Å²) >= 11 is 0. The highest BCUT2D eigenvalue weighted by Crippen LogP contribution is 2.34. The number of ether oxygens (including phenoxy) is 1. The van der Waals surface area contributed by atoms with E-state index in [1.165, 1.54) is 17.5 Å². The second kappa shape index (κ2) is 19.3. The number of piperidine rings is 2. The molecule has 2 saturated heterocycles. The van der Waals surface area contributed by atoms with Crippen LogP contribution in [0.25, 0.3) is 0 Å². The van der Waals surface area contributed by atoms with Crippen LogP contribution < -0.4 is 20.7 Å². The van der Waals surface area contributed by atoms with Crippen LogP contribution in [0.1, 0.15) is 107 Å². The lowest BCUT2D eigenvalue weighted by molar-refractivity contribution is -0.136. The summed E-state index contributed by atoms with van der Waals surface area (Å²) < 4.78 is 5.93. The number of hydrogen-bond acceptors (Lipinski definition) is 12. The standard InChI is InChI=1S/C43H52N8O8/c52-31(26-49-19-16-28-9-5-6-10-29(28)25-49)24-44-40(55)33-23-36(46-27-45-33)47-30-17-20-50(21-18-30)38(54)13-4-2-1-3-7-22-59-35-12-8-11-32-39(35)43(58)51(42(32)57)34-14-15-37(53)48-41(34)56/h5-6,8-12,23,27,30-31,34,52H,1-4,7,13-22,24-26H2,(H,44,55)(H,45,46,47)(H,48,53,56)/t31-,34?/m0/s1. The Hall–Kier alpha value is -5.74. The van der Waals surface area contributed by atoms with Crippen LogP contribution in [0.4, 0.5) is 5.82 Å². The summed E-state index contributed by atoms with van der Waals surface area (Å²) in [5, 5.41) is 19.0. The van der Waals surface area contributed by atoms with Gasteiger partial charge in [0, 0.05) is 64.2 Å². The molecule has 1 unspecified atom stereocenters. The van der Waals surface area contributed by atoms with E-state index in [1.807, 2.05) is 11.0 Å². The Labute approximate surface area is 343 Å². The van der Waals surface area contributed by atoms with Crippen LogP contribution in [0, 0.1) is 0 Å². The molecule has 6 amide bonds. The van der Waals surface area contributed by atoms with E-state index in [4.69, 9.17) is 4.74 Å². The highest BCUT2D eigenvalue weighted by Gasteiger charge is 2.46. The van der Waals surface area contributed by atoms with Gasteiger partial charge in [-0.3, -0.25) is 43.9 Å². The SMILES string of the molecule is O=C1CCC(N2C(=O)c3cccc(OCCCCCCCC(=O)N4CCC(Nc5cc(C(=O)NC[C@H](O)CN6CCc7ccccc7C6)ncn5)CC4)c3C2=O)C(=O)N1. The number of nitrogens with one attached hydrogen (secondary N) is 3. The number of benzene rings is 2. The Morgan fingerprint density at radius 3 is 2.47 bits per heavy atom. The number of nitrogens with zero attached hydrogens (tertiary/aromatic N) is 5. The predicted molar refractivity (Wildman–Crippen MR) is 215 cm³/mol. The fourth-order valence-corrected chi connectivity index (χ4v) is 8.27. The molecule has 4 aliphatic heterocycles. The fraction of sp³-hybridized carbons (Fsp3) is 0.488. The highest BCUT2D eigenvalue weighted by atomic mass is 16.5. The Bertz CT molecular complexity index is 2050. The molecule has 2 fully saturated rings. The molecule has 5 heterocycles. The zero-order chi connectivity index (χ0) is 41.3. The molecule has 7 rings (SSSR count). The van der Waals surface area contributed by atoms with Gasteiger partial charge in [0.05, 0.1) is 23.8 Å². The number of fused-ring (bicyclic) bond motifs is 2. The number of unbranched alkanes of at least 4 members (excludes halogenated alkanes) is 4. The maximum absolute atomic E-state index is 13.3. The molecule has 1 aromatic heterocycles. The van der Waals surface area contributed by atoms with Gasteiger partial charge in [-0.15, -0.1) is 0 Å². The second-order valence-electron chi connectivity index (χ2n) is 15.7. The van der Waals surface area contributed by atoms with Gasteiger partial charge in [0.15, 0.2) is 0 Å². The van der Waals surface area contributed by atoms with Crippen molar-refractivity contribution in [2.45, 2.75) is 95.4 Å². The zero-order valence-electron chi connectivity index (χ0n) is 33.2. The first kappa shape index (κ1) is 41.4. The first-order valence-electron chi connectivity index (χ1n) is 20.7. The van der Waals surface area contributed by atoms with Crippen LogP contribution in [0.3, 0.4) is 0 Å². The van der Waals surface area contributed by atoms with E-state index >= 15 is 0 Å². The summed E-state index contributed by atoms with van der Waals surface area (Å²) in [6.07, 6.45) is 7.93. The lowest BCUT2D eigenvalue weighted by atomic mass is 10.00. The molecule has 0 bridgehead atoms. The van der Waals surface area contributed by atoms with E-state index in [-0.39, 0.29) is 54.1 Å². The number of carbonyl (C=O) groups excluding carboxylic acids is 6. The van der Waals surface area contributed by atoms with Crippen LogP contribution >= 0.6 is 0 Å². The third kappa shape index (κ3) is 10.3. The number of carbonyl (C=O) groups is 6. The van der Waals surface area contributed by atoms with Crippen molar-refractivity contribution in [2.24, 2.45) is 0 Å². The summed E-state index contributed by atoms with van der Waals surface area (Å²) in [6.45, 7) is 3.85. The fourth-order valence-electron chi connectivity index (χ4n) is 8.27. The normalized spacial score (nSPS) is 18.9. The molecule has 0 spiro atoms. The number of rotatable bonds is 17. The van der Waals surface area contributed by atoms with Gasteiger partial charge >= 0.3 is 0 Å². The predicted octanol–water partition coefficient (Wildman–Crippen LogP) is 2.85. The van der Waals surface area contributed by atoms with Gasteiger partial charge in [-0.05, 0) is 61.8 Å². The Morgan fingerprint density at radius 1 is 0.881 bits per heavy atom. The van der Waals surface area contributed by atoms with E-state index in [9.17, 15) is 33.9 Å². The Balaban J connectivity index is 0.749. The Kier molecular flexibility index (Phi) is 13.6. The number of amides is 6. The van der Waals surface area contributed by atoms with Crippen molar-refractivity contribution in [3.8, 4) is 5.75 Å². The summed E-state index contributed by atoms with van der Waals surface area (Å²) in [6, 6.07) is 13.9. The molecular weight excluding hydrogens is 757 g/mol. The molecule has 0 radical (unpaired) electrons. The number of aromatic nitrogens is 2. The second-order valence-corrected chi connectivity index (χ2v) is 15.7. The van der Waals surface area contributed by atoms with Crippen molar-refractivity contribution in [2.75, 3.05) is 44.6 Å². The van der Waals surface area contributed by atoms with Crippen LogP contribution in [-0.2, 0) is 27.3 Å². The van der Waals surface area contributed by atoms with Crippen molar-refractivity contribution in [1.82, 2.24) is 35.3 Å². The molecule has 3 aromatic rings. The van der Waals surface area contributed by atoms with Crippen molar-refractivity contribution < 1.29 is 38.6 Å². The van der Waals surface area contributed by atoms with Crippen molar-refractivity contribution in [3.05, 3.63) is 82.8 Å². The number of aliphatic hydroxyl groups is 1. The number of β-amino-alcohol motifs (C(OH)–C–C–N with tert-alkyl or cyclic N) is 1. The first-order chi connectivity index (χ1) is 28.6. The molecule has 16 nitrogen and oxygen atoms in total. The van der Waals surface area contributed by atoms with Gasteiger partial charge < -0.3 is 25.4 Å². The zero-order valence-corrected chi connectivity index (χ0v) is 33.2. The third-order valence-corrected chi connectivity index (χ3v) is 11.5. The molecule has 2 atom stereocenters. The highest BCUT2D eigenvalue weighted by molar-refractivity contribution is 6.24. The minimum atomic E-state index is -1.03. The Morgan fingerprint density at radius 2 is 1.66 bits per heavy atom. The van der Waals surface area contributed by atoms with E-state index < -0.39 is 35.8 Å². The number of hydrogen-bond donors (Lipinski definition) is 4. The molecule has 16 heteroatoms. The van der Waals surface area contributed by atoms with Crippen molar-refractivity contribution in [3.63, 3.8) is 0 Å². The van der Waals surface area contributed by atoms with E-state index in [2.05, 4.69) is 49.0 Å². The minimum absolute atomic E-state index is 0.0558. The van der Waals surface area contributed by atoms with Gasteiger partial charge in [0.25, 0.3) is 17.7 Å². The van der Waals surface area contributed by atoms with Crippen LogP contribution in [0.15, 0.2) is 54.9 Å². The van der Waals surface area contributed by atoms with Gasteiger partial charge in [-0.2, -0.15) is 0 Å². The van der Waals surface area contributed by atoms with Crippen LogP contribution in [0.5, 0.6) is 5.75 Å². The largest absolute Gasteiger partial charge is 0.493 e. The average Bonchev–Trinajstić information content (AvgIpc) is 3.50. The number of likely N-dealkylation sites (tertiary alicyclic amines) is 1. The average molecular weight is 809 g/mol. The summed E-state index contributed by atoms with van der Waals surface area (Å²) in [5.74, 6) is -1.62. The summed E-state index contributed by atoms with van der Waals surface area (Å²) in [7, 11) is 0. The quantitative estimate of drug-likeness (QED) is 0.115. The number of aliphatic hydroxyl groups excluding tert-OH is 1. The molecule has 312 valence electrons. The summed E-state index contributed by atoms with van der Waals surface area (Å²) in [4.78, 5) is 89.5. The van der Waals surface area contributed by atoms with E-state index in [1.54, 1.807) is 24.3 Å². The molecule has 4 aliphatic rings. The van der Waals surface area contributed by atoms with Gasteiger partial charge in [0.1, 0.15) is 29.6 Å². The topological polar surface area (TPSA) is 203 Å². The number of anilines is 1. The molecular formula is C43H52N8O8. The van der Waals surface area contributed by atoms with Crippen molar-refractivity contribution >= 4 is 41.3 Å². The van der Waals surface area contributed by atoms with E-state index in [0.717, 1.165) is 69.4 Å². The molecule has 2 aromatic carbocycles. The van der Waals surface area contributed by atoms with Gasteiger partial charge in [-0.1, -0.05) is 49.6 Å². The monoisotopic (exact) mass is 808 g/mol. The molecule has 4 N–H and O–H groups in total. The summed E-state index contributed by atoms with van der Waals surface area (Å²) in [5.41, 5.74) is 3.17. The molecule has 0 saturated carbocycles. The number of imide groups is 2. The lowest BCUT2D eigenvalue weighted by Crippen LogP contribution is -2.54. The maximum atomic E-state index is 13.3. The first-order valence-corrected chi connectivity index (χ1v) is 20.7. The van der Waals surface area contributed by atoms with Gasteiger partial charge in [0.2, 0.25) is 17.7 Å². The van der Waals surface area contributed by atoms with Crippen LogP contribution in [-0.4, -0.2) is 123 Å². The molecule has 59 heavy (non-hydrogen) atoms. The maximum Gasteiger partial charge on any atom is 0.270 e. The van der Waals surface area contributed by atoms with Gasteiger partial charge in [-0.25, -0.2) is 9.97 Å². The van der Waals surface area contributed by atoms with Crippen LogP contribution in [0.2, 0.25) is 0 Å². The smallest absolute Gasteiger partial charge is 0.270 e. The minimum Gasteiger partial charge on any atom is -0.493 e. The molecule has 0 aliphatic carbocycles. The van der Waals surface area contributed by atoms with E-state index in [0.29, 0.717) is 44.2 Å². The van der Waals surface area contributed by atoms with Crippen molar-refractivity contribution in [1.29, 1.82) is 0 Å². The lowest BCUT2D eigenvalue weighted by Gasteiger charge is -2.32. The third-order valence-electron chi connectivity index (χ3n) is 11.5.